The molecule has 0 aromatic heterocycles. The topological polar surface area (TPSA) is 23.5 Å². The van der Waals surface area contributed by atoms with Gasteiger partial charge in [0.2, 0.25) is 0 Å². The molecule has 2 heteroatoms. The molecular formula is C11H21NO. The van der Waals surface area contributed by atoms with Crippen LogP contribution in [0, 0.1) is 0 Å². The zero-order chi connectivity index (χ0) is 9.26. The van der Waals surface area contributed by atoms with Crippen molar-refractivity contribution in [3.8, 4) is 0 Å². The van der Waals surface area contributed by atoms with E-state index in [-0.39, 0.29) is 6.10 Å². The maximum absolute atomic E-state index is 9.57. The Hall–Kier alpha value is -0.0800. The number of aliphatic hydroxyl groups is 1. The number of rotatable bonds is 2. The first-order chi connectivity index (χ1) is 6.29. The molecule has 0 spiro atoms. The van der Waals surface area contributed by atoms with Crippen LogP contribution < -0.4 is 0 Å². The zero-order valence-electron chi connectivity index (χ0n) is 8.58. The molecule has 0 aromatic rings. The molecule has 2 atom stereocenters. The van der Waals surface area contributed by atoms with E-state index in [4.69, 9.17) is 0 Å². The molecular weight excluding hydrogens is 162 g/mol. The van der Waals surface area contributed by atoms with Crippen molar-refractivity contribution in [1.29, 1.82) is 0 Å². The summed E-state index contributed by atoms with van der Waals surface area (Å²) in [6, 6.07) is 1.23. The van der Waals surface area contributed by atoms with Crippen LogP contribution in [0.4, 0.5) is 0 Å². The highest BCUT2D eigenvalue weighted by molar-refractivity contribution is 4.90. The Balaban J connectivity index is 1.84. The maximum atomic E-state index is 9.57. The average Bonchev–Trinajstić information content (AvgIpc) is 2.17. The van der Waals surface area contributed by atoms with Gasteiger partial charge in [-0.3, -0.25) is 4.90 Å². The van der Waals surface area contributed by atoms with Gasteiger partial charge in [0.05, 0.1) is 6.10 Å². The number of likely N-dealkylation sites (N-methyl/N-ethyl adjacent to an activating group) is 1. The summed E-state index contributed by atoms with van der Waals surface area (Å²) < 4.78 is 0. The van der Waals surface area contributed by atoms with E-state index in [2.05, 4.69) is 11.9 Å². The quantitative estimate of drug-likeness (QED) is 0.705. The Labute approximate surface area is 80.9 Å². The standard InChI is InChI=1S/C11H21NO/c1-12(10-7-8-11(10)13)9-5-3-2-4-6-9/h9-11,13H,2-8H2,1H3/t10-,11-/m1/s1. The van der Waals surface area contributed by atoms with Gasteiger partial charge in [-0.25, -0.2) is 0 Å². The molecule has 0 amide bonds. The van der Waals surface area contributed by atoms with Crippen molar-refractivity contribution < 1.29 is 5.11 Å². The normalized spacial score (nSPS) is 36.2. The van der Waals surface area contributed by atoms with E-state index < -0.39 is 0 Å². The largest absolute Gasteiger partial charge is 0.391 e. The Morgan fingerprint density at radius 3 is 2.15 bits per heavy atom. The van der Waals surface area contributed by atoms with E-state index in [1.54, 1.807) is 0 Å². The smallest absolute Gasteiger partial charge is 0.0696 e. The second kappa shape index (κ2) is 3.97. The molecule has 2 aliphatic carbocycles. The minimum Gasteiger partial charge on any atom is -0.391 e. The van der Waals surface area contributed by atoms with Crippen LogP contribution in [0.5, 0.6) is 0 Å². The fraction of sp³-hybridized carbons (Fsp3) is 1.00. The lowest BCUT2D eigenvalue weighted by Crippen LogP contribution is -2.52. The average molecular weight is 183 g/mol. The number of hydrogen-bond acceptors (Lipinski definition) is 2. The van der Waals surface area contributed by atoms with Gasteiger partial charge in [0.25, 0.3) is 0 Å². The van der Waals surface area contributed by atoms with Crippen LogP contribution in [-0.4, -0.2) is 35.2 Å². The molecule has 2 nitrogen and oxygen atoms in total. The Morgan fingerprint density at radius 2 is 1.69 bits per heavy atom. The second-order valence-corrected chi connectivity index (χ2v) is 4.67. The Kier molecular flexibility index (Phi) is 2.89. The molecule has 1 N–H and O–H groups in total. The van der Waals surface area contributed by atoms with Crippen LogP contribution in [0.15, 0.2) is 0 Å². The summed E-state index contributed by atoms with van der Waals surface area (Å²) in [5.41, 5.74) is 0. The van der Waals surface area contributed by atoms with E-state index >= 15 is 0 Å². The third-order valence-corrected chi connectivity index (χ3v) is 3.88. The van der Waals surface area contributed by atoms with Gasteiger partial charge >= 0.3 is 0 Å². The molecule has 2 saturated carbocycles. The molecule has 76 valence electrons. The van der Waals surface area contributed by atoms with E-state index in [1.165, 1.54) is 38.5 Å². The molecule has 0 aromatic carbocycles. The van der Waals surface area contributed by atoms with Gasteiger partial charge in [-0.15, -0.1) is 0 Å². The molecule has 0 heterocycles. The molecule has 0 radical (unpaired) electrons. The highest BCUT2D eigenvalue weighted by Gasteiger charge is 2.35. The van der Waals surface area contributed by atoms with Gasteiger partial charge in [-0.05, 0) is 32.7 Å². The Morgan fingerprint density at radius 1 is 1.00 bits per heavy atom. The van der Waals surface area contributed by atoms with Crippen LogP contribution in [0.2, 0.25) is 0 Å². The van der Waals surface area contributed by atoms with Crippen molar-refractivity contribution in [2.75, 3.05) is 7.05 Å². The maximum Gasteiger partial charge on any atom is 0.0696 e. The van der Waals surface area contributed by atoms with Gasteiger partial charge in [-0.1, -0.05) is 19.3 Å². The molecule has 0 saturated heterocycles. The van der Waals surface area contributed by atoms with Crippen LogP contribution in [-0.2, 0) is 0 Å². The van der Waals surface area contributed by atoms with Crippen molar-refractivity contribution >= 4 is 0 Å². The summed E-state index contributed by atoms with van der Waals surface area (Å²) in [7, 11) is 2.20. The number of nitrogens with zero attached hydrogens (tertiary/aromatic N) is 1. The van der Waals surface area contributed by atoms with Gasteiger partial charge in [0.15, 0.2) is 0 Å². The van der Waals surface area contributed by atoms with Crippen molar-refractivity contribution in [2.24, 2.45) is 0 Å². The van der Waals surface area contributed by atoms with E-state index in [1.807, 2.05) is 0 Å². The minimum atomic E-state index is -0.0353. The zero-order valence-corrected chi connectivity index (χ0v) is 8.58. The number of hydrogen-bond donors (Lipinski definition) is 1. The monoisotopic (exact) mass is 183 g/mol. The van der Waals surface area contributed by atoms with E-state index in [9.17, 15) is 5.11 Å². The first kappa shape index (κ1) is 9.47. The summed E-state index contributed by atoms with van der Waals surface area (Å²) in [6.45, 7) is 0. The third-order valence-electron chi connectivity index (χ3n) is 3.88. The summed E-state index contributed by atoms with van der Waals surface area (Å²) in [5.74, 6) is 0. The number of aliphatic hydroxyl groups excluding tert-OH is 1. The molecule has 0 bridgehead atoms. The molecule has 0 unspecified atom stereocenters. The van der Waals surface area contributed by atoms with Crippen LogP contribution >= 0.6 is 0 Å². The first-order valence-corrected chi connectivity index (χ1v) is 5.69. The fourth-order valence-corrected chi connectivity index (χ4v) is 2.70. The van der Waals surface area contributed by atoms with Gasteiger partial charge in [0, 0.05) is 12.1 Å². The predicted octanol–water partition coefficient (Wildman–Crippen LogP) is 1.77. The second-order valence-electron chi connectivity index (χ2n) is 4.67. The Bertz CT molecular complexity index is 165. The summed E-state index contributed by atoms with van der Waals surface area (Å²) in [5, 5.41) is 9.57. The van der Waals surface area contributed by atoms with Crippen LogP contribution in [0.1, 0.15) is 44.9 Å². The summed E-state index contributed by atoms with van der Waals surface area (Å²) in [6.07, 6.45) is 9.06. The third kappa shape index (κ3) is 1.89. The molecule has 2 aliphatic rings. The molecule has 0 aliphatic heterocycles. The van der Waals surface area contributed by atoms with Gasteiger partial charge < -0.3 is 5.11 Å². The van der Waals surface area contributed by atoms with Gasteiger partial charge in [0.1, 0.15) is 0 Å². The highest BCUT2D eigenvalue weighted by atomic mass is 16.3. The van der Waals surface area contributed by atoms with E-state index in [0.717, 1.165) is 12.5 Å². The van der Waals surface area contributed by atoms with Crippen LogP contribution in [0.3, 0.4) is 0 Å². The fourth-order valence-electron chi connectivity index (χ4n) is 2.70. The lowest BCUT2D eigenvalue weighted by atomic mass is 9.85. The predicted molar refractivity (Wildman–Crippen MR) is 53.7 cm³/mol. The van der Waals surface area contributed by atoms with Crippen LogP contribution in [0.25, 0.3) is 0 Å². The molecule has 13 heavy (non-hydrogen) atoms. The lowest BCUT2D eigenvalue weighted by molar-refractivity contribution is -0.0330. The van der Waals surface area contributed by atoms with Crippen molar-refractivity contribution in [3.63, 3.8) is 0 Å². The van der Waals surface area contributed by atoms with Crippen molar-refractivity contribution in [1.82, 2.24) is 4.90 Å². The summed E-state index contributed by atoms with van der Waals surface area (Å²) in [4.78, 5) is 2.44. The minimum absolute atomic E-state index is 0.0353. The SMILES string of the molecule is CN(C1CCCCC1)[C@@H]1CC[C@H]1O. The molecule has 2 rings (SSSR count). The molecule has 2 fully saturated rings. The van der Waals surface area contributed by atoms with Crippen molar-refractivity contribution in [3.05, 3.63) is 0 Å². The first-order valence-electron chi connectivity index (χ1n) is 5.69. The highest BCUT2D eigenvalue weighted by Crippen LogP contribution is 2.30. The van der Waals surface area contributed by atoms with Gasteiger partial charge in [-0.2, -0.15) is 0 Å². The van der Waals surface area contributed by atoms with E-state index in [0.29, 0.717) is 6.04 Å². The van der Waals surface area contributed by atoms with Crippen molar-refractivity contribution in [2.45, 2.75) is 63.1 Å². The lowest BCUT2D eigenvalue weighted by Gasteiger charge is -2.44. The summed E-state index contributed by atoms with van der Waals surface area (Å²) >= 11 is 0.